The molecule has 14 heavy (non-hydrogen) atoms. The first-order chi connectivity index (χ1) is 6.42. The van der Waals surface area contributed by atoms with Gasteiger partial charge in [0, 0.05) is 6.07 Å². The quantitative estimate of drug-likeness (QED) is 0.760. The van der Waals surface area contributed by atoms with Crippen LogP contribution < -0.4 is 4.74 Å². The summed E-state index contributed by atoms with van der Waals surface area (Å²) < 4.78 is 38.6. The Morgan fingerprint density at radius 1 is 1.36 bits per heavy atom. The maximum atomic E-state index is 11.7. The molecular formula is C8H4F3NO2. The summed E-state index contributed by atoms with van der Waals surface area (Å²) in [6.45, 7) is 0. The third kappa shape index (κ3) is 2.55. The number of hydrogen-bond acceptors (Lipinski definition) is 3. The number of alkyl halides is 3. The lowest BCUT2D eigenvalue weighted by molar-refractivity contribution is -0.275. The van der Waals surface area contributed by atoms with E-state index < -0.39 is 17.9 Å². The molecule has 1 aromatic rings. The summed E-state index contributed by atoms with van der Waals surface area (Å²) in [6, 6.07) is 4.54. The second-order valence-corrected chi connectivity index (χ2v) is 2.34. The molecule has 0 saturated heterocycles. The number of phenols is 1. The Morgan fingerprint density at radius 2 is 2.00 bits per heavy atom. The van der Waals surface area contributed by atoms with Crippen LogP contribution in [0.25, 0.3) is 0 Å². The van der Waals surface area contributed by atoms with E-state index in [0.717, 1.165) is 18.2 Å². The number of rotatable bonds is 1. The number of phenolic OH excluding ortho intramolecular Hbond substituents is 1. The van der Waals surface area contributed by atoms with Crippen LogP contribution in [0.5, 0.6) is 11.5 Å². The van der Waals surface area contributed by atoms with Crippen LogP contribution in [0.1, 0.15) is 5.56 Å². The van der Waals surface area contributed by atoms with Crippen molar-refractivity contribution in [3.05, 3.63) is 23.8 Å². The summed E-state index contributed by atoms with van der Waals surface area (Å²) >= 11 is 0. The van der Waals surface area contributed by atoms with E-state index in [1.54, 1.807) is 6.07 Å². The smallest absolute Gasteiger partial charge is 0.504 e. The van der Waals surface area contributed by atoms with E-state index in [2.05, 4.69) is 4.74 Å². The topological polar surface area (TPSA) is 53.2 Å². The largest absolute Gasteiger partial charge is 0.573 e. The highest BCUT2D eigenvalue weighted by atomic mass is 19.4. The number of benzene rings is 1. The maximum absolute atomic E-state index is 11.7. The molecule has 0 saturated carbocycles. The Kier molecular flexibility index (Phi) is 2.51. The Morgan fingerprint density at radius 3 is 2.43 bits per heavy atom. The van der Waals surface area contributed by atoms with Gasteiger partial charge in [-0.25, -0.2) is 0 Å². The van der Waals surface area contributed by atoms with Crippen molar-refractivity contribution in [2.24, 2.45) is 0 Å². The molecule has 0 spiro atoms. The molecule has 1 rings (SSSR count). The number of nitrogens with zero attached hydrogens (tertiary/aromatic N) is 1. The number of ether oxygens (including phenoxy) is 1. The highest BCUT2D eigenvalue weighted by Crippen LogP contribution is 2.31. The average molecular weight is 203 g/mol. The highest BCUT2D eigenvalue weighted by molar-refractivity contribution is 5.45. The van der Waals surface area contributed by atoms with E-state index in [9.17, 15) is 13.2 Å². The molecular weight excluding hydrogens is 199 g/mol. The van der Waals surface area contributed by atoms with E-state index in [1.807, 2.05) is 0 Å². The van der Waals surface area contributed by atoms with Crippen molar-refractivity contribution < 1.29 is 23.0 Å². The van der Waals surface area contributed by atoms with Gasteiger partial charge in [0.15, 0.2) is 11.5 Å². The number of nitriles is 1. The van der Waals surface area contributed by atoms with Crippen LogP contribution in [0.2, 0.25) is 0 Å². The fourth-order valence-corrected chi connectivity index (χ4v) is 0.798. The molecule has 1 N–H and O–H groups in total. The van der Waals surface area contributed by atoms with Crippen LogP contribution in [0, 0.1) is 11.3 Å². The van der Waals surface area contributed by atoms with Gasteiger partial charge < -0.3 is 9.84 Å². The molecule has 3 nitrogen and oxygen atoms in total. The van der Waals surface area contributed by atoms with Gasteiger partial charge in [0.1, 0.15) is 0 Å². The molecule has 0 aliphatic carbocycles. The van der Waals surface area contributed by atoms with Gasteiger partial charge in [-0.05, 0) is 12.1 Å². The maximum Gasteiger partial charge on any atom is 0.573 e. The van der Waals surface area contributed by atoms with Crippen LogP contribution in [-0.2, 0) is 0 Å². The summed E-state index contributed by atoms with van der Waals surface area (Å²) in [6.07, 6.45) is -4.86. The zero-order valence-corrected chi connectivity index (χ0v) is 6.67. The minimum atomic E-state index is -4.86. The van der Waals surface area contributed by atoms with Crippen LogP contribution in [0.15, 0.2) is 18.2 Å². The molecule has 74 valence electrons. The monoisotopic (exact) mass is 203 g/mol. The van der Waals surface area contributed by atoms with Gasteiger partial charge in [-0.1, -0.05) is 0 Å². The fraction of sp³-hybridized carbons (Fsp3) is 0.125. The lowest BCUT2D eigenvalue weighted by Crippen LogP contribution is -2.17. The second-order valence-electron chi connectivity index (χ2n) is 2.34. The molecule has 0 heterocycles. The van der Waals surface area contributed by atoms with E-state index in [0.29, 0.717) is 0 Å². The number of halogens is 3. The Labute approximate surface area is 77.0 Å². The molecule has 6 heteroatoms. The molecule has 0 atom stereocenters. The van der Waals surface area contributed by atoms with Crippen LogP contribution in [0.4, 0.5) is 13.2 Å². The fourth-order valence-electron chi connectivity index (χ4n) is 0.798. The molecule has 0 aliphatic heterocycles. The van der Waals surface area contributed by atoms with Crippen molar-refractivity contribution in [1.82, 2.24) is 0 Å². The Hall–Kier alpha value is -1.90. The van der Waals surface area contributed by atoms with Gasteiger partial charge in [0.05, 0.1) is 11.6 Å². The Bertz CT molecular complexity index is 381. The predicted octanol–water partition coefficient (Wildman–Crippen LogP) is 2.16. The lowest BCUT2D eigenvalue weighted by Gasteiger charge is -2.09. The average Bonchev–Trinajstić information content (AvgIpc) is 2.06. The summed E-state index contributed by atoms with van der Waals surface area (Å²) in [7, 11) is 0. The first-order valence-corrected chi connectivity index (χ1v) is 3.41. The highest BCUT2D eigenvalue weighted by Gasteiger charge is 2.32. The SMILES string of the molecule is N#Cc1ccc(OC(F)(F)F)c(O)c1. The Balaban J connectivity index is 2.97. The van der Waals surface area contributed by atoms with E-state index in [1.165, 1.54) is 0 Å². The van der Waals surface area contributed by atoms with Crippen molar-refractivity contribution in [1.29, 1.82) is 5.26 Å². The van der Waals surface area contributed by atoms with E-state index in [4.69, 9.17) is 10.4 Å². The lowest BCUT2D eigenvalue weighted by atomic mass is 10.2. The standard InChI is InChI=1S/C8H4F3NO2/c9-8(10,11)14-7-2-1-5(4-12)3-6(7)13/h1-3,13H. The third-order valence-electron chi connectivity index (χ3n) is 1.31. The van der Waals surface area contributed by atoms with Crippen molar-refractivity contribution >= 4 is 0 Å². The van der Waals surface area contributed by atoms with Gasteiger partial charge in [0.25, 0.3) is 0 Å². The molecule has 0 aromatic heterocycles. The first-order valence-electron chi connectivity index (χ1n) is 3.41. The number of aromatic hydroxyl groups is 1. The van der Waals surface area contributed by atoms with Gasteiger partial charge in [-0.3, -0.25) is 0 Å². The summed E-state index contributed by atoms with van der Waals surface area (Å²) in [5.74, 6) is -1.45. The minimum absolute atomic E-state index is 0.0528. The van der Waals surface area contributed by atoms with E-state index >= 15 is 0 Å². The molecule has 0 unspecified atom stereocenters. The van der Waals surface area contributed by atoms with Crippen LogP contribution in [-0.4, -0.2) is 11.5 Å². The third-order valence-corrected chi connectivity index (χ3v) is 1.31. The molecule has 0 amide bonds. The summed E-state index contributed by atoms with van der Waals surface area (Å²) in [5.41, 5.74) is 0.0528. The van der Waals surface area contributed by atoms with Gasteiger partial charge in [0.2, 0.25) is 0 Å². The van der Waals surface area contributed by atoms with Crippen molar-refractivity contribution in [2.75, 3.05) is 0 Å². The molecule has 1 aromatic carbocycles. The molecule has 0 fully saturated rings. The number of hydrogen-bond donors (Lipinski definition) is 1. The zero-order chi connectivity index (χ0) is 10.8. The molecule has 0 aliphatic rings. The molecule has 0 bridgehead atoms. The van der Waals surface area contributed by atoms with Crippen molar-refractivity contribution in [3.8, 4) is 17.6 Å². The van der Waals surface area contributed by atoms with Crippen LogP contribution in [0.3, 0.4) is 0 Å². The van der Waals surface area contributed by atoms with Crippen molar-refractivity contribution in [3.63, 3.8) is 0 Å². The normalized spacial score (nSPS) is 10.7. The zero-order valence-electron chi connectivity index (χ0n) is 6.67. The molecule has 0 radical (unpaired) electrons. The van der Waals surface area contributed by atoms with Gasteiger partial charge in [-0.15, -0.1) is 13.2 Å². The summed E-state index contributed by atoms with van der Waals surface area (Å²) in [5, 5.41) is 17.4. The van der Waals surface area contributed by atoms with E-state index in [-0.39, 0.29) is 5.56 Å². The first kappa shape index (κ1) is 10.2. The van der Waals surface area contributed by atoms with Gasteiger partial charge >= 0.3 is 6.36 Å². The van der Waals surface area contributed by atoms with Gasteiger partial charge in [-0.2, -0.15) is 5.26 Å². The minimum Gasteiger partial charge on any atom is -0.504 e. The van der Waals surface area contributed by atoms with Crippen molar-refractivity contribution in [2.45, 2.75) is 6.36 Å². The second kappa shape index (κ2) is 3.46. The summed E-state index contributed by atoms with van der Waals surface area (Å²) in [4.78, 5) is 0. The predicted molar refractivity (Wildman–Crippen MR) is 39.5 cm³/mol. The van der Waals surface area contributed by atoms with Crippen LogP contribution >= 0.6 is 0 Å².